The Kier molecular flexibility index (Phi) is 7.29. The molecule has 0 atom stereocenters. The summed E-state index contributed by atoms with van der Waals surface area (Å²) in [6.07, 6.45) is -4.38. The van der Waals surface area contributed by atoms with Crippen molar-refractivity contribution in [1.29, 1.82) is 0 Å². The van der Waals surface area contributed by atoms with Gasteiger partial charge in [-0.2, -0.15) is 13.2 Å². The predicted octanol–water partition coefficient (Wildman–Crippen LogP) is 6.62. The Labute approximate surface area is 220 Å². The molecular weight excluding hydrogens is 489 g/mol. The quantitative estimate of drug-likeness (QED) is 0.282. The second-order valence-corrected chi connectivity index (χ2v) is 9.59. The number of rotatable bonds is 6. The van der Waals surface area contributed by atoms with Crippen LogP contribution in [0.5, 0.6) is 11.5 Å². The monoisotopic (exact) mass is 518 g/mol. The summed E-state index contributed by atoms with van der Waals surface area (Å²) in [4.78, 5) is 4.09. The van der Waals surface area contributed by atoms with Crippen molar-refractivity contribution in [3.8, 4) is 11.5 Å². The van der Waals surface area contributed by atoms with Crippen LogP contribution in [0.15, 0.2) is 97.1 Å². The third-order valence-electron chi connectivity index (χ3n) is 7.14. The fourth-order valence-corrected chi connectivity index (χ4v) is 5.22. The van der Waals surface area contributed by atoms with E-state index in [9.17, 15) is 23.4 Å². The van der Waals surface area contributed by atoms with Crippen LogP contribution in [-0.2, 0) is 12.7 Å². The highest BCUT2D eigenvalue weighted by molar-refractivity contribution is 5.55. The molecule has 1 aliphatic heterocycles. The van der Waals surface area contributed by atoms with Crippen molar-refractivity contribution in [1.82, 2.24) is 4.90 Å². The molecule has 4 aromatic carbocycles. The third-order valence-corrected chi connectivity index (χ3v) is 7.14. The first-order valence-corrected chi connectivity index (χ1v) is 12.6. The van der Waals surface area contributed by atoms with Crippen molar-refractivity contribution < 1.29 is 23.4 Å². The highest BCUT2D eigenvalue weighted by Gasteiger charge is 2.35. The molecule has 5 rings (SSSR count). The van der Waals surface area contributed by atoms with Gasteiger partial charge in [0.25, 0.3) is 0 Å². The highest BCUT2D eigenvalue weighted by atomic mass is 19.4. The maximum absolute atomic E-state index is 13.5. The van der Waals surface area contributed by atoms with Gasteiger partial charge in [-0.3, -0.25) is 4.90 Å². The van der Waals surface area contributed by atoms with Gasteiger partial charge in [0.2, 0.25) is 0 Å². The third kappa shape index (κ3) is 5.63. The van der Waals surface area contributed by atoms with Gasteiger partial charge in [-0.15, -0.1) is 0 Å². The van der Waals surface area contributed by atoms with E-state index >= 15 is 0 Å². The standard InChI is InChI=1S/C31H29F3N2O2/c32-31(33,34)28-7-3-4-8-29(28)36-19-17-35(18-20-36)21-24-5-1-2-6-27(24)30(22-9-13-25(37)14-10-22)23-11-15-26(38)16-12-23/h1-16,30,37-38H,17-21H2. The Bertz CT molecular complexity index is 1320. The number of phenolic OH excluding ortho intramolecular Hbond substituents is 2. The number of nitrogens with zero attached hydrogens (tertiary/aromatic N) is 2. The maximum atomic E-state index is 13.5. The molecular formula is C31H29F3N2O2. The van der Waals surface area contributed by atoms with Gasteiger partial charge in [0, 0.05) is 44.3 Å². The van der Waals surface area contributed by atoms with Crippen LogP contribution in [0.3, 0.4) is 0 Å². The molecule has 0 unspecified atom stereocenters. The number of phenols is 2. The average molecular weight is 519 g/mol. The van der Waals surface area contributed by atoms with Crippen molar-refractivity contribution in [3.63, 3.8) is 0 Å². The van der Waals surface area contributed by atoms with Crippen LogP contribution in [0.25, 0.3) is 0 Å². The zero-order valence-corrected chi connectivity index (χ0v) is 20.8. The van der Waals surface area contributed by atoms with E-state index in [0.717, 1.165) is 28.3 Å². The minimum Gasteiger partial charge on any atom is -0.508 e. The summed E-state index contributed by atoms with van der Waals surface area (Å²) in [5.41, 5.74) is 3.89. The zero-order valence-electron chi connectivity index (χ0n) is 20.8. The molecule has 4 nitrogen and oxygen atoms in total. The summed E-state index contributed by atoms with van der Waals surface area (Å²) in [5.74, 6) is 0.264. The average Bonchev–Trinajstić information content (AvgIpc) is 2.92. The van der Waals surface area contributed by atoms with Gasteiger partial charge >= 0.3 is 6.18 Å². The Morgan fingerprint density at radius 1 is 0.658 bits per heavy atom. The van der Waals surface area contributed by atoms with Crippen molar-refractivity contribution in [2.45, 2.75) is 18.6 Å². The summed E-state index contributed by atoms with van der Waals surface area (Å²) in [7, 11) is 0. The fourth-order valence-electron chi connectivity index (χ4n) is 5.22. The van der Waals surface area contributed by atoms with E-state index in [-0.39, 0.29) is 23.1 Å². The minimum absolute atomic E-state index is 0.118. The first-order valence-electron chi connectivity index (χ1n) is 12.6. The van der Waals surface area contributed by atoms with E-state index in [1.807, 2.05) is 41.3 Å². The van der Waals surface area contributed by atoms with Crippen molar-refractivity contribution >= 4 is 5.69 Å². The molecule has 1 heterocycles. The highest BCUT2D eigenvalue weighted by Crippen LogP contribution is 2.38. The molecule has 38 heavy (non-hydrogen) atoms. The largest absolute Gasteiger partial charge is 0.508 e. The lowest BCUT2D eigenvalue weighted by Crippen LogP contribution is -2.46. The lowest BCUT2D eigenvalue weighted by Gasteiger charge is -2.37. The van der Waals surface area contributed by atoms with Gasteiger partial charge in [-0.05, 0) is 58.7 Å². The molecule has 1 saturated heterocycles. The maximum Gasteiger partial charge on any atom is 0.418 e. The first kappa shape index (κ1) is 25.7. The number of anilines is 1. The lowest BCUT2D eigenvalue weighted by molar-refractivity contribution is -0.137. The summed E-state index contributed by atoms with van der Waals surface area (Å²) in [6.45, 7) is 2.97. The molecule has 0 spiro atoms. The molecule has 0 aromatic heterocycles. The van der Waals surface area contributed by atoms with Crippen LogP contribution in [0.1, 0.15) is 33.7 Å². The minimum atomic E-state index is -4.38. The predicted molar refractivity (Wildman–Crippen MR) is 143 cm³/mol. The van der Waals surface area contributed by atoms with E-state index < -0.39 is 11.7 Å². The Morgan fingerprint density at radius 2 is 1.18 bits per heavy atom. The van der Waals surface area contributed by atoms with Crippen LogP contribution in [-0.4, -0.2) is 41.3 Å². The second kappa shape index (κ2) is 10.8. The van der Waals surface area contributed by atoms with Gasteiger partial charge in [-0.25, -0.2) is 0 Å². The van der Waals surface area contributed by atoms with E-state index in [0.29, 0.717) is 32.7 Å². The Balaban J connectivity index is 1.39. The number of aromatic hydroxyl groups is 2. The van der Waals surface area contributed by atoms with Gasteiger partial charge < -0.3 is 15.1 Å². The SMILES string of the molecule is Oc1ccc(C(c2ccc(O)cc2)c2ccccc2CN2CCN(c3ccccc3C(F)(F)F)CC2)cc1. The van der Waals surface area contributed by atoms with Crippen LogP contribution >= 0.6 is 0 Å². The van der Waals surface area contributed by atoms with E-state index in [4.69, 9.17) is 0 Å². The fraction of sp³-hybridized carbons (Fsp3) is 0.226. The van der Waals surface area contributed by atoms with Crippen LogP contribution < -0.4 is 4.90 Å². The normalized spacial score (nSPS) is 14.7. The van der Waals surface area contributed by atoms with E-state index in [1.165, 1.54) is 6.07 Å². The molecule has 0 aliphatic carbocycles. The number of alkyl halides is 3. The first-order chi connectivity index (χ1) is 18.3. The topological polar surface area (TPSA) is 46.9 Å². The molecule has 196 valence electrons. The molecule has 2 N–H and O–H groups in total. The number of para-hydroxylation sites is 1. The second-order valence-electron chi connectivity index (χ2n) is 9.59. The van der Waals surface area contributed by atoms with Crippen molar-refractivity contribution in [2.75, 3.05) is 31.1 Å². The number of hydrogen-bond donors (Lipinski definition) is 2. The van der Waals surface area contributed by atoms with Crippen molar-refractivity contribution in [3.05, 3.63) is 125 Å². The Morgan fingerprint density at radius 3 is 1.76 bits per heavy atom. The summed E-state index contributed by atoms with van der Waals surface area (Å²) < 4.78 is 40.6. The molecule has 7 heteroatoms. The number of hydrogen-bond acceptors (Lipinski definition) is 4. The zero-order chi connectivity index (χ0) is 26.7. The number of piperazine rings is 1. The summed E-state index contributed by atoms with van der Waals surface area (Å²) in [5, 5.41) is 19.7. The number of halogens is 3. The molecule has 0 radical (unpaired) electrons. The molecule has 0 saturated carbocycles. The van der Waals surface area contributed by atoms with Crippen LogP contribution in [0, 0.1) is 0 Å². The van der Waals surface area contributed by atoms with E-state index in [2.05, 4.69) is 17.0 Å². The van der Waals surface area contributed by atoms with Gasteiger partial charge in [0.1, 0.15) is 11.5 Å². The molecule has 0 amide bonds. The van der Waals surface area contributed by atoms with Crippen molar-refractivity contribution in [2.24, 2.45) is 0 Å². The van der Waals surface area contributed by atoms with Gasteiger partial charge in [0.15, 0.2) is 0 Å². The smallest absolute Gasteiger partial charge is 0.418 e. The van der Waals surface area contributed by atoms with Crippen LogP contribution in [0.4, 0.5) is 18.9 Å². The molecule has 1 fully saturated rings. The molecule has 1 aliphatic rings. The molecule has 4 aromatic rings. The summed E-state index contributed by atoms with van der Waals surface area (Å²) >= 11 is 0. The lowest BCUT2D eigenvalue weighted by atomic mass is 9.82. The van der Waals surface area contributed by atoms with Crippen LogP contribution in [0.2, 0.25) is 0 Å². The summed E-state index contributed by atoms with van der Waals surface area (Å²) in [6, 6.07) is 28.3. The van der Waals surface area contributed by atoms with Gasteiger partial charge in [0.05, 0.1) is 5.56 Å². The molecule has 0 bridgehead atoms. The Hall–Kier alpha value is -3.97. The van der Waals surface area contributed by atoms with Gasteiger partial charge in [-0.1, -0.05) is 60.7 Å². The number of benzene rings is 4. The van der Waals surface area contributed by atoms with E-state index in [1.54, 1.807) is 36.4 Å².